The molecule has 0 spiro atoms. The predicted octanol–water partition coefficient (Wildman–Crippen LogP) is 8.20. The zero-order valence-corrected chi connectivity index (χ0v) is 17.9. The molecule has 0 saturated carbocycles. The van der Waals surface area contributed by atoms with Gasteiger partial charge < -0.3 is 9.47 Å². The minimum atomic E-state index is -0.563. The number of unbranched alkanes of at least 4 members (excludes halogenated alkanes) is 18. The maximum Gasteiger partial charge on any atom is 0.507 e. The van der Waals surface area contributed by atoms with E-state index in [0.29, 0.717) is 6.61 Å². The molecule has 0 bridgehead atoms. The lowest BCUT2D eigenvalue weighted by Gasteiger charge is -2.04. The van der Waals surface area contributed by atoms with Crippen molar-refractivity contribution in [3.05, 3.63) is 0 Å². The summed E-state index contributed by atoms with van der Waals surface area (Å²) in [6.07, 6.45) is 25.5. The van der Waals surface area contributed by atoms with Crippen molar-refractivity contribution in [1.82, 2.24) is 0 Å². The summed E-state index contributed by atoms with van der Waals surface area (Å²) in [4.78, 5) is 10.8. The van der Waals surface area contributed by atoms with Crippen molar-refractivity contribution >= 4 is 6.16 Å². The molecule has 0 aliphatic rings. The molecule has 0 aromatic carbocycles. The molecule has 0 N–H and O–H groups in total. The largest absolute Gasteiger partial charge is 0.507 e. The second-order valence-electron chi connectivity index (χ2n) is 7.67. The molecule has 0 aliphatic heterocycles. The van der Waals surface area contributed by atoms with Gasteiger partial charge in [-0.15, -0.1) is 0 Å². The Morgan fingerprint density at radius 3 is 1.15 bits per heavy atom. The summed E-state index contributed by atoms with van der Waals surface area (Å²) < 4.78 is 9.29. The Morgan fingerprint density at radius 1 is 0.538 bits per heavy atom. The maximum absolute atomic E-state index is 10.8. The lowest BCUT2D eigenvalue weighted by Crippen LogP contribution is -2.05. The first kappa shape index (κ1) is 25.3. The minimum absolute atomic E-state index is 0.492. The van der Waals surface area contributed by atoms with Crippen LogP contribution in [0.2, 0.25) is 0 Å². The van der Waals surface area contributed by atoms with Crippen LogP contribution in [0.15, 0.2) is 0 Å². The third-order valence-electron chi connectivity index (χ3n) is 5.13. The SMILES string of the molecule is CCCCCCCCCCCCCCCCCCCCCOC(=O)OC. The molecule has 0 rings (SSSR count). The molecule has 0 saturated heterocycles. The number of ether oxygens (including phenoxy) is 2. The summed E-state index contributed by atoms with van der Waals surface area (Å²) in [5.74, 6) is 0. The minimum Gasteiger partial charge on any atom is -0.438 e. The van der Waals surface area contributed by atoms with Crippen molar-refractivity contribution in [1.29, 1.82) is 0 Å². The lowest BCUT2D eigenvalue weighted by molar-refractivity contribution is 0.0713. The number of hydrogen-bond donors (Lipinski definition) is 0. The quantitative estimate of drug-likeness (QED) is 0.160. The van der Waals surface area contributed by atoms with Crippen molar-refractivity contribution in [3.8, 4) is 0 Å². The van der Waals surface area contributed by atoms with Crippen LogP contribution >= 0.6 is 0 Å². The van der Waals surface area contributed by atoms with Crippen molar-refractivity contribution in [2.24, 2.45) is 0 Å². The van der Waals surface area contributed by atoms with Crippen LogP contribution < -0.4 is 0 Å². The van der Waals surface area contributed by atoms with Gasteiger partial charge in [0.05, 0.1) is 13.7 Å². The molecule has 0 radical (unpaired) electrons. The Hall–Kier alpha value is -0.730. The van der Waals surface area contributed by atoms with Crippen LogP contribution in [0, 0.1) is 0 Å². The van der Waals surface area contributed by atoms with E-state index >= 15 is 0 Å². The first-order valence-electron chi connectivity index (χ1n) is 11.5. The molecule has 0 fully saturated rings. The van der Waals surface area contributed by atoms with Crippen LogP contribution in [-0.2, 0) is 9.47 Å². The molecule has 26 heavy (non-hydrogen) atoms. The zero-order valence-electron chi connectivity index (χ0n) is 17.9. The average molecular weight is 371 g/mol. The van der Waals surface area contributed by atoms with E-state index in [2.05, 4.69) is 11.7 Å². The van der Waals surface area contributed by atoms with Crippen molar-refractivity contribution in [3.63, 3.8) is 0 Å². The van der Waals surface area contributed by atoms with Gasteiger partial charge in [0, 0.05) is 0 Å². The summed E-state index contributed by atoms with van der Waals surface area (Å²) in [6, 6.07) is 0. The molecule has 156 valence electrons. The van der Waals surface area contributed by atoms with E-state index in [1.807, 2.05) is 0 Å². The van der Waals surface area contributed by atoms with E-state index in [-0.39, 0.29) is 0 Å². The molecular formula is C23H46O3. The molecule has 0 heterocycles. The fourth-order valence-corrected chi connectivity index (χ4v) is 3.39. The van der Waals surface area contributed by atoms with Crippen molar-refractivity contribution in [2.75, 3.05) is 13.7 Å². The van der Waals surface area contributed by atoms with Crippen LogP contribution in [0.4, 0.5) is 4.79 Å². The van der Waals surface area contributed by atoms with Crippen molar-refractivity contribution < 1.29 is 14.3 Å². The molecule has 0 amide bonds. The Bertz CT molecular complexity index is 279. The van der Waals surface area contributed by atoms with E-state index < -0.39 is 6.16 Å². The number of rotatable bonds is 20. The van der Waals surface area contributed by atoms with Gasteiger partial charge in [0.1, 0.15) is 0 Å². The molecule has 0 aromatic rings. The summed E-state index contributed by atoms with van der Waals surface area (Å²) in [5, 5.41) is 0. The van der Waals surface area contributed by atoms with Gasteiger partial charge in [-0.3, -0.25) is 0 Å². The van der Waals surface area contributed by atoms with Crippen LogP contribution in [0.3, 0.4) is 0 Å². The normalized spacial score (nSPS) is 10.8. The number of hydrogen-bond acceptors (Lipinski definition) is 3. The van der Waals surface area contributed by atoms with Gasteiger partial charge in [0.2, 0.25) is 0 Å². The van der Waals surface area contributed by atoms with Gasteiger partial charge in [0.25, 0.3) is 0 Å². The maximum atomic E-state index is 10.8. The Kier molecular flexibility index (Phi) is 21.7. The fraction of sp³-hybridized carbons (Fsp3) is 0.957. The smallest absolute Gasteiger partial charge is 0.438 e. The van der Waals surface area contributed by atoms with E-state index in [1.165, 1.54) is 116 Å². The number of carbonyl (C=O) groups excluding carboxylic acids is 1. The highest BCUT2D eigenvalue weighted by molar-refractivity contribution is 5.59. The third kappa shape index (κ3) is 21.3. The summed E-state index contributed by atoms with van der Waals surface area (Å²) >= 11 is 0. The van der Waals surface area contributed by atoms with Crippen LogP contribution in [0.1, 0.15) is 129 Å². The molecule has 0 aromatic heterocycles. The average Bonchev–Trinajstić information content (AvgIpc) is 2.66. The van der Waals surface area contributed by atoms with Gasteiger partial charge in [-0.25, -0.2) is 4.79 Å². The molecule has 0 atom stereocenters. The van der Waals surface area contributed by atoms with E-state index in [1.54, 1.807) is 0 Å². The van der Waals surface area contributed by atoms with E-state index in [9.17, 15) is 4.79 Å². The van der Waals surface area contributed by atoms with Crippen molar-refractivity contribution in [2.45, 2.75) is 129 Å². The third-order valence-corrected chi connectivity index (χ3v) is 5.13. The summed E-state index contributed by atoms with van der Waals surface area (Å²) in [5.41, 5.74) is 0. The van der Waals surface area contributed by atoms with Crippen LogP contribution in [-0.4, -0.2) is 19.9 Å². The van der Waals surface area contributed by atoms with Gasteiger partial charge in [0.15, 0.2) is 0 Å². The van der Waals surface area contributed by atoms with Gasteiger partial charge in [-0.05, 0) is 6.42 Å². The van der Waals surface area contributed by atoms with E-state index in [4.69, 9.17) is 4.74 Å². The molecule has 0 unspecified atom stereocenters. The Morgan fingerprint density at radius 2 is 0.846 bits per heavy atom. The van der Waals surface area contributed by atoms with Gasteiger partial charge in [-0.2, -0.15) is 0 Å². The summed E-state index contributed by atoms with van der Waals surface area (Å²) in [6.45, 7) is 2.78. The van der Waals surface area contributed by atoms with Crippen LogP contribution in [0.5, 0.6) is 0 Å². The first-order chi connectivity index (χ1) is 12.8. The molecule has 0 aliphatic carbocycles. The monoisotopic (exact) mass is 370 g/mol. The second-order valence-corrected chi connectivity index (χ2v) is 7.67. The zero-order chi connectivity index (χ0) is 19.1. The Labute approximate surface area is 163 Å². The highest BCUT2D eigenvalue weighted by atomic mass is 16.7. The second kappa shape index (κ2) is 22.3. The highest BCUT2D eigenvalue weighted by Gasteiger charge is 1.99. The molecular weight excluding hydrogens is 324 g/mol. The van der Waals surface area contributed by atoms with Gasteiger partial charge >= 0.3 is 6.16 Å². The lowest BCUT2D eigenvalue weighted by atomic mass is 10.0. The highest BCUT2D eigenvalue weighted by Crippen LogP contribution is 2.14. The molecule has 3 nitrogen and oxygen atoms in total. The fourth-order valence-electron chi connectivity index (χ4n) is 3.39. The standard InChI is InChI=1S/C23H46O3/c1-3-4-5-6-7-8-9-10-11-12-13-14-15-16-17-18-19-20-21-22-26-23(24)25-2/h3-22H2,1-2H3. The van der Waals surface area contributed by atoms with Crippen LogP contribution in [0.25, 0.3) is 0 Å². The Balaban J connectivity index is 3.00. The van der Waals surface area contributed by atoms with E-state index in [0.717, 1.165) is 12.8 Å². The summed E-state index contributed by atoms with van der Waals surface area (Å²) in [7, 11) is 1.35. The van der Waals surface area contributed by atoms with Gasteiger partial charge in [-0.1, -0.05) is 122 Å². The topological polar surface area (TPSA) is 35.5 Å². The predicted molar refractivity (Wildman–Crippen MR) is 112 cm³/mol. The number of methoxy groups -OCH3 is 1. The molecule has 3 heteroatoms. The number of carbonyl (C=O) groups is 1. The first-order valence-corrected chi connectivity index (χ1v) is 11.5.